The molecule has 19 rings (SSSR count). The van der Waals surface area contributed by atoms with Crippen molar-refractivity contribution >= 4 is 123 Å². The van der Waals surface area contributed by atoms with Gasteiger partial charge in [0.15, 0.2) is 0 Å². The molecule has 0 fully saturated rings. The Morgan fingerprint density at radius 2 is 0.765 bits per heavy atom. The van der Waals surface area contributed by atoms with Crippen molar-refractivity contribution in [2.24, 2.45) is 0 Å². The predicted octanol–water partition coefficient (Wildman–Crippen LogP) is 24.0. The molecule has 0 N–H and O–H groups in total. The van der Waals surface area contributed by atoms with Gasteiger partial charge in [0.25, 0.3) is 6.71 Å². The van der Waals surface area contributed by atoms with Crippen LogP contribution in [0.1, 0.15) is 96.8 Å². The van der Waals surface area contributed by atoms with Crippen LogP contribution >= 0.6 is 0 Å². The molecule has 0 amide bonds. The van der Waals surface area contributed by atoms with E-state index in [1.807, 2.05) is 78.9 Å². The number of benzene rings is 14. The van der Waals surface area contributed by atoms with Crippen LogP contribution < -0.4 is 26.2 Å². The molecule has 0 atom stereocenters. The van der Waals surface area contributed by atoms with Crippen molar-refractivity contribution in [2.45, 2.75) is 78.6 Å². The second kappa shape index (κ2) is 22.8. The van der Waals surface area contributed by atoms with Gasteiger partial charge in [-0.25, -0.2) is 0 Å². The number of anilines is 6. The first kappa shape index (κ1) is 48.8. The van der Waals surface area contributed by atoms with E-state index in [2.05, 4.69) is 233 Å². The minimum Gasteiger partial charge on any atom is -0.311 e. The maximum atomic E-state index is 9.75. The summed E-state index contributed by atoms with van der Waals surface area (Å²) in [6, 6.07) is 74.9. The monoisotopic (exact) mass is 1320 g/mol. The van der Waals surface area contributed by atoms with Crippen molar-refractivity contribution in [2.75, 3.05) is 9.80 Å². The number of rotatable bonds is 8. The maximum absolute atomic E-state index is 9.75. The molecular weight excluding hydrogens is 1230 g/mol. The van der Waals surface area contributed by atoms with Gasteiger partial charge in [0.2, 0.25) is 0 Å². The van der Waals surface area contributed by atoms with E-state index in [0.717, 1.165) is 122 Å². The summed E-state index contributed by atoms with van der Waals surface area (Å²) in [6.07, 6.45) is 0. The smallest absolute Gasteiger partial charge is 0.252 e. The van der Waals surface area contributed by atoms with E-state index in [0.29, 0.717) is 22.6 Å². The van der Waals surface area contributed by atoms with Crippen LogP contribution in [0.15, 0.2) is 309 Å². The zero-order valence-electron chi connectivity index (χ0n) is 71.3. The Morgan fingerprint density at radius 3 is 1.33 bits per heavy atom. The molecule has 5 nitrogen and oxygen atoms in total. The molecule has 6 heteroatoms. The van der Waals surface area contributed by atoms with Gasteiger partial charge in [0, 0.05) is 72.1 Å². The van der Waals surface area contributed by atoms with Gasteiger partial charge in [0.1, 0.15) is 0 Å². The third kappa shape index (κ3) is 9.59. The van der Waals surface area contributed by atoms with Crippen molar-refractivity contribution in [1.29, 1.82) is 0 Å². The predicted molar refractivity (Wildman–Crippen MR) is 436 cm³/mol. The largest absolute Gasteiger partial charge is 0.311 e. The quantitative estimate of drug-likeness (QED) is 0.141. The first-order valence-corrected chi connectivity index (χ1v) is 35.0. The summed E-state index contributed by atoms with van der Waals surface area (Å²) >= 11 is 0. The number of fused-ring (bicyclic) bond motifs is 13. The molecule has 0 radical (unpaired) electrons. The highest BCUT2D eigenvalue weighted by atomic mass is 15.2. The molecule has 0 spiro atoms. The summed E-state index contributed by atoms with van der Waals surface area (Å²) in [4.78, 5) is 4.63. The second-order valence-corrected chi connectivity index (χ2v) is 30.4. The van der Waals surface area contributed by atoms with Crippen LogP contribution in [-0.2, 0) is 16.2 Å². The van der Waals surface area contributed by atoms with E-state index in [1.54, 1.807) is 4.57 Å². The van der Waals surface area contributed by atoms with Crippen molar-refractivity contribution in [1.82, 2.24) is 13.7 Å². The number of hydrogen-bond acceptors (Lipinski definition) is 2. The van der Waals surface area contributed by atoms with Gasteiger partial charge in [-0.3, -0.25) is 0 Å². The van der Waals surface area contributed by atoms with Crippen molar-refractivity contribution in [3.63, 3.8) is 0 Å². The number of nitrogens with zero attached hydrogens (tertiary/aromatic N) is 5. The Kier molecular flexibility index (Phi) is 10.9. The summed E-state index contributed by atoms with van der Waals surface area (Å²) < 4.78 is 128. The fraction of sp³-hybridized carbons (Fsp3) is 0.125. The molecule has 490 valence electrons. The molecule has 17 aromatic rings. The number of aromatic nitrogens is 3. The van der Waals surface area contributed by atoms with Gasteiger partial charge in [-0.15, -0.1) is 0 Å². The average Bonchev–Trinajstić information content (AvgIpc) is 1.67. The lowest BCUT2D eigenvalue weighted by molar-refractivity contribution is 0.590. The highest BCUT2D eigenvalue weighted by molar-refractivity contribution is 7.00. The normalized spacial score (nSPS) is 14.9. The van der Waals surface area contributed by atoms with Gasteiger partial charge >= 0.3 is 0 Å². The molecule has 0 unspecified atom stereocenters. The summed E-state index contributed by atoms with van der Waals surface area (Å²) in [5.41, 5.74) is 19.9. The van der Waals surface area contributed by atoms with Crippen LogP contribution in [-0.4, -0.2) is 20.4 Å². The van der Waals surface area contributed by atoms with Crippen LogP contribution in [0.5, 0.6) is 0 Å². The van der Waals surface area contributed by atoms with E-state index in [4.69, 9.17) is 6.85 Å². The highest BCUT2D eigenvalue weighted by Crippen LogP contribution is 2.52. The van der Waals surface area contributed by atoms with Gasteiger partial charge in [0.05, 0.1) is 62.3 Å². The molecule has 3 aromatic heterocycles. The molecule has 0 saturated carbocycles. The Hall–Kier alpha value is -11.9. The third-order valence-corrected chi connectivity index (χ3v) is 21.2. The van der Waals surface area contributed by atoms with Gasteiger partial charge in [-0.05, 0) is 192 Å². The molecule has 102 heavy (non-hydrogen) atoms. The summed E-state index contributed by atoms with van der Waals surface area (Å²) in [5, 5.41) is 4.18. The van der Waals surface area contributed by atoms with Crippen molar-refractivity contribution < 1.29 is 17.8 Å². The Morgan fingerprint density at radius 1 is 0.265 bits per heavy atom. The minimum absolute atomic E-state index is 0.0158. The standard InChI is InChI=1S/C96H78BN5/c1-94(2,3)67-45-50-83-77(56-67)78-57-68(95(4,5)6)46-51-84(78)101(83)85-42-26-38-75-76-39-27-43-86(93(76)100(92(75)85)70-34-20-13-21-35-70)102-87-55-64(61-28-14-10-15-29-61)44-48-79(87)97-80-49-47-71(98-81-40-24-22-36-73(81)74-37-23-25-41-82(74)98)60-88(80)99(89-58-69(96(7,8)9)59-90(102)91(89)97)72-53-65(62-30-16-11-17-31-62)52-66(54-72)63-32-18-12-19-33-63/h10-60H,1-9H3/i10D,14D,15D,22D,23D,24D,25D,28D,29D,36D,37D,40D,41D. The first-order chi connectivity index (χ1) is 54.9. The second-order valence-electron chi connectivity index (χ2n) is 30.4. The molecule has 2 aliphatic rings. The van der Waals surface area contributed by atoms with Crippen molar-refractivity contribution in [3.05, 3.63) is 326 Å². The SMILES string of the molecule is [2H]c1c([2H])c([2H])c(-c2ccc3c(c2)N(c2cccc4c5cccc(-n6c7ccc(C(C)(C)C)cc7c7cc(C(C)(C)C)ccc76)c5n(-c5ccccc5)c24)c2cc(C(C)(C)C)cc4c2B3c2ccc(-n3c5c([2H])c([2H])c([2H])c([2H])c5c5c([2H])c([2H])c([2H])c([2H])c53)cc2N4c2cc(-c3ccccc3)cc(-c3ccccc3)c2)c([2H])c1[2H]. The average molecular weight is 1330 g/mol. The molecule has 0 bridgehead atoms. The van der Waals surface area contributed by atoms with Crippen LogP contribution in [0.3, 0.4) is 0 Å². The highest BCUT2D eigenvalue weighted by Gasteiger charge is 2.45. The Bertz CT molecular complexity index is 6850. The molecular formula is C96H78BN5. The van der Waals surface area contributed by atoms with Crippen LogP contribution in [0.25, 0.3) is 116 Å². The fourth-order valence-corrected chi connectivity index (χ4v) is 16.1. The van der Waals surface area contributed by atoms with E-state index in [-0.39, 0.29) is 50.3 Å². The van der Waals surface area contributed by atoms with E-state index in [9.17, 15) is 11.0 Å². The lowest BCUT2D eigenvalue weighted by Gasteiger charge is -2.45. The van der Waals surface area contributed by atoms with Crippen LogP contribution in [0, 0.1) is 0 Å². The molecule has 0 aliphatic carbocycles. The summed E-state index contributed by atoms with van der Waals surface area (Å²) in [5.74, 6) is 0. The zero-order chi connectivity index (χ0) is 80.4. The molecule has 0 saturated heterocycles. The molecule has 2 aliphatic heterocycles. The lowest BCUT2D eigenvalue weighted by atomic mass is 9.33. The lowest BCUT2D eigenvalue weighted by Crippen LogP contribution is -2.61. The van der Waals surface area contributed by atoms with Crippen LogP contribution in [0.4, 0.5) is 34.1 Å². The summed E-state index contributed by atoms with van der Waals surface area (Å²) in [7, 11) is 0. The van der Waals surface area contributed by atoms with Gasteiger partial charge in [-0.1, -0.05) is 262 Å². The fourth-order valence-electron chi connectivity index (χ4n) is 16.1. The van der Waals surface area contributed by atoms with Gasteiger partial charge in [-0.2, -0.15) is 0 Å². The Labute approximate surface area is 615 Å². The van der Waals surface area contributed by atoms with Crippen molar-refractivity contribution in [3.8, 4) is 50.4 Å². The maximum Gasteiger partial charge on any atom is 0.252 e. The van der Waals surface area contributed by atoms with E-state index >= 15 is 0 Å². The Balaban J connectivity index is 0.971. The first-order valence-electron chi connectivity index (χ1n) is 41.5. The zero-order valence-corrected chi connectivity index (χ0v) is 58.3. The van der Waals surface area contributed by atoms with Gasteiger partial charge < -0.3 is 23.5 Å². The van der Waals surface area contributed by atoms with E-state index < -0.39 is 78.6 Å². The topological polar surface area (TPSA) is 21.3 Å². The summed E-state index contributed by atoms with van der Waals surface area (Å²) in [6.45, 7) is 19.5. The third-order valence-electron chi connectivity index (χ3n) is 21.2. The molecule has 5 heterocycles. The molecule has 14 aromatic carbocycles. The van der Waals surface area contributed by atoms with Crippen LogP contribution in [0.2, 0.25) is 0 Å². The number of hydrogen-bond donors (Lipinski definition) is 0. The minimum atomic E-state index is -0.656. The number of para-hydroxylation sites is 5. The van der Waals surface area contributed by atoms with E-state index in [1.165, 1.54) is 11.1 Å².